The molecule has 10 heteroatoms. The zero-order valence-electron chi connectivity index (χ0n) is 20.4. The van der Waals surface area contributed by atoms with Crippen LogP contribution in [0.15, 0.2) is 41.3 Å². The highest BCUT2D eigenvalue weighted by Crippen LogP contribution is 2.51. The number of nitrogens with zero attached hydrogens (tertiary/aromatic N) is 1. The molecule has 0 radical (unpaired) electrons. The Bertz CT molecular complexity index is 1290. The van der Waals surface area contributed by atoms with Crippen molar-refractivity contribution in [2.24, 2.45) is 11.8 Å². The number of likely N-dealkylation sites (N-methyl/N-ethyl adjacent to an activating group) is 1. The molecule has 190 valence electrons. The summed E-state index contributed by atoms with van der Waals surface area (Å²) >= 11 is 1.53. The second kappa shape index (κ2) is 8.29. The van der Waals surface area contributed by atoms with Crippen LogP contribution >= 0.6 is 11.3 Å². The van der Waals surface area contributed by atoms with E-state index < -0.39 is 54.0 Å². The summed E-state index contributed by atoms with van der Waals surface area (Å²) in [4.78, 5) is 40.5. The van der Waals surface area contributed by atoms with Gasteiger partial charge in [-0.2, -0.15) is 0 Å². The number of esters is 2. The maximum absolute atomic E-state index is 13.2. The highest BCUT2D eigenvalue weighted by Gasteiger charge is 2.65. The van der Waals surface area contributed by atoms with E-state index in [1.807, 2.05) is 55.6 Å². The van der Waals surface area contributed by atoms with Gasteiger partial charge in [-0.3, -0.25) is 15.0 Å². The summed E-state index contributed by atoms with van der Waals surface area (Å²) in [5.74, 6) is -1.48. The Balaban J connectivity index is 1.33. The zero-order chi connectivity index (χ0) is 25.4. The lowest BCUT2D eigenvalue weighted by molar-refractivity contribution is -0.144. The Kier molecular flexibility index (Phi) is 5.40. The summed E-state index contributed by atoms with van der Waals surface area (Å²) in [6.45, 7) is 3.74. The Labute approximate surface area is 212 Å². The number of carbonyl (C=O) groups is 3. The van der Waals surface area contributed by atoms with Crippen molar-refractivity contribution in [3.05, 3.63) is 41.3 Å². The SMILES string of the molecule is CC1C(=O)OC2CC3(C)OC3C(OC(=O)Nc3csc4ccccc34)C(N(C)C)C3=CC(OC3=O)C21. The second-order valence-electron chi connectivity index (χ2n) is 10.4. The number of anilines is 1. The maximum Gasteiger partial charge on any atom is 0.412 e. The first-order chi connectivity index (χ1) is 17.2. The molecule has 8 atom stereocenters. The van der Waals surface area contributed by atoms with E-state index in [1.54, 1.807) is 13.0 Å². The standard InChI is InChI=1S/C26H28N2O7S/c1-12-19-16-9-14(24(30)32-16)20(28(3)4)21(22-26(2,35-22)10-17(19)33-23(12)29)34-25(31)27-15-11-36-18-8-6-5-7-13(15)18/h5-9,11-12,16-17,19-22H,10H2,1-4H3,(H,27,31). The number of ether oxygens (including phenoxy) is 4. The van der Waals surface area contributed by atoms with Crippen molar-refractivity contribution in [1.29, 1.82) is 0 Å². The third kappa shape index (κ3) is 3.70. The van der Waals surface area contributed by atoms with Gasteiger partial charge in [-0.25, -0.2) is 9.59 Å². The van der Waals surface area contributed by atoms with Crippen molar-refractivity contribution in [3.8, 4) is 0 Å². The van der Waals surface area contributed by atoms with E-state index in [9.17, 15) is 14.4 Å². The van der Waals surface area contributed by atoms with Crippen LogP contribution in [0.4, 0.5) is 10.5 Å². The van der Waals surface area contributed by atoms with Gasteiger partial charge in [-0.15, -0.1) is 11.3 Å². The summed E-state index contributed by atoms with van der Waals surface area (Å²) < 4.78 is 24.7. The van der Waals surface area contributed by atoms with Crippen molar-refractivity contribution in [2.75, 3.05) is 19.4 Å². The summed E-state index contributed by atoms with van der Waals surface area (Å²) in [5, 5.41) is 5.66. The van der Waals surface area contributed by atoms with Crippen LogP contribution in [0.5, 0.6) is 0 Å². The van der Waals surface area contributed by atoms with Crippen molar-refractivity contribution in [3.63, 3.8) is 0 Å². The molecule has 36 heavy (non-hydrogen) atoms. The average Bonchev–Trinajstić information content (AvgIpc) is 3.06. The predicted molar refractivity (Wildman–Crippen MR) is 132 cm³/mol. The molecule has 0 saturated carbocycles. The minimum atomic E-state index is -0.793. The molecule has 1 aliphatic carbocycles. The molecule has 3 aliphatic heterocycles. The molecule has 2 saturated heterocycles. The first-order valence-electron chi connectivity index (χ1n) is 12.1. The zero-order valence-corrected chi connectivity index (χ0v) is 21.2. The fraction of sp³-hybridized carbons (Fsp3) is 0.500. The molecule has 6 rings (SSSR count). The number of amides is 1. The van der Waals surface area contributed by atoms with Gasteiger partial charge in [0, 0.05) is 27.8 Å². The smallest absolute Gasteiger partial charge is 0.412 e. The monoisotopic (exact) mass is 512 g/mol. The Morgan fingerprint density at radius 1 is 1.22 bits per heavy atom. The predicted octanol–water partition coefficient (Wildman–Crippen LogP) is 3.34. The van der Waals surface area contributed by atoms with E-state index >= 15 is 0 Å². The lowest BCUT2D eigenvalue weighted by atomic mass is 9.79. The molecule has 1 aromatic carbocycles. The molecule has 2 aromatic rings. The van der Waals surface area contributed by atoms with Crippen LogP contribution in [0, 0.1) is 11.8 Å². The van der Waals surface area contributed by atoms with Gasteiger partial charge < -0.3 is 18.9 Å². The molecule has 8 unspecified atom stereocenters. The van der Waals surface area contributed by atoms with E-state index in [4.69, 9.17) is 18.9 Å². The number of hydrogen-bond acceptors (Lipinski definition) is 9. The van der Waals surface area contributed by atoms with Crippen LogP contribution in [0.25, 0.3) is 10.1 Å². The molecule has 0 spiro atoms. The summed E-state index contributed by atoms with van der Waals surface area (Å²) in [7, 11) is 3.65. The molecule has 1 aromatic heterocycles. The number of rotatable bonds is 3. The molecule has 1 N–H and O–H groups in total. The Morgan fingerprint density at radius 3 is 2.78 bits per heavy atom. The van der Waals surface area contributed by atoms with Gasteiger partial charge in [-0.05, 0) is 33.2 Å². The van der Waals surface area contributed by atoms with Crippen molar-refractivity contribution < 1.29 is 33.3 Å². The van der Waals surface area contributed by atoms with Gasteiger partial charge >= 0.3 is 18.0 Å². The number of benzene rings is 1. The number of hydrogen-bond donors (Lipinski definition) is 1. The van der Waals surface area contributed by atoms with Crippen LogP contribution in [-0.4, -0.2) is 73.1 Å². The molecule has 1 amide bonds. The van der Waals surface area contributed by atoms with Gasteiger partial charge in [0.05, 0.1) is 28.8 Å². The number of nitrogens with one attached hydrogen (secondary N) is 1. The molecule has 4 aliphatic rings. The van der Waals surface area contributed by atoms with Crippen LogP contribution < -0.4 is 5.32 Å². The molecular formula is C26H28N2O7S. The van der Waals surface area contributed by atoms with E-state index in [1.165, 1.54) is 11.3 Å². The first kappa shape index (κ1) is 23.4. The maximum atomic E-state index is 13.2. The molecule has 9 nitrogen and oxygen atoms in total. The fourth-order valence-electron chi connectivity index (χ4n) is 5.98. The van der Waals surface area contributed by atoms with Gasteiger partial charge in [0.15, 0.2) is 6.10 Å². The van der Waals surface area contributed by atoms with Gasteiger partial charge in [-0.1, -0.05) is 25.1 Å². The lowest BCUT2D eigenvalue weighted by Crippen LogP contribution is -2.49. The van der Waals surface area contributed by atoms with E-state index in [-0.39, 0.29) is 11.9 Å². The lowest BCUT2D eigenvalue weighted by Gasteiger charge is -2.32. The summed E-state index contributed by atoms with van der Waals surface area (Å²) in [6.07, 6.45) is -0.770. The van der Waals surface area contributed by atoms with Gasteiger partial charge in [0.2, 0.25) is 0 Å². The molecule has 2 bridgehead atoms. The largest absolute Gasteiger partial charge is 0.462 e. The first-order valence-corrected chi connectivity index (χ1v) is 13.0. The Morgan fingerprint density at radius 2 is 2.00 bits per heavy atom. The fourth-order valence-corrected chi connectivity index (χ4v) is 6.87. The Hall–Kier alpha value is -2.95. The van der Waals surface area contributed by atoms with E-state index in [0.717, 1.165) is 10.1 Å². The van der Waals surface area contributed by atoms with Crippen LogP contribution in [0.1, 0.15) is 20.3 Å². The van der Waals surface area contributed by atoms with Crippen LogP contribution in [0.2, 0.25) is 0 Å². The molecular weight excluding hydrogens is 484 g/mol. The molecule has 4 heterocycles. The summed E-state index contributed by atoms with van der Waals surface area (Å²) in [5.41, 5.74) is 0.381. The minimum absolute atomic E-state index is 0.295. The number of epoxide rings is 1. The van der Waals surface area contributed by atoms with Crippen molar-refractivity contribution in [2.45, 2.75) is 56.3 Å². The van der Waals surface area contributed by atoms with Gasteiger partial charge in [0.25, 0.3) is 0 Å². The minimum Gasteiger partial charge on any atom is -0.462 e. The summed E-state index contributed by atoms with van der Waals surface area (Å²) in [6, 6.07) is 7.19. The van der Waals surface area contributed by atoms with E-state index in [0.29, 0.717) is 17.7 Å². The van der Waals surface area contributed by atoms with Crippen molar-refractivity contribution >= 4 is 45.1 Å². The topological polar surface area (TPSA) is 107 Å². The number of thiophene rings is 1. The van der Waals surface area contributed by atoms with Crippen LogP contribution in [-0.2, 0) is 28.5 Å². The normalized spacial score (nSPS) is 37.0. The molecule has 2 fully saturated rings. The third-order valence-corrected chi connectivity index (χ3v) is 8.80. The second-order valence-corrected chi connectivity index (χ2v) is 11.3. The van der Waals surface area contributed by atoms with Gasteiger partial charge in [0.1, 0.15) is 18.3 Å². The number of fused-ring (bicyclic) bond motifs is 5. The highest BCUT2D eigenvalue weighted by atomic mass is 32.1. The highest BCUT2D eigenvalue weighted by molar-refractivity contribution is 7.17. The quantitative estimate of drug-likeness (QED) is 0.379. The van der Waals surface area contributed by atoms with Crippen molar-refractivity contribution in [1.82, 2.24) is 4.90 Å². The number of carbonyl (C=O) groups excluding carboxylic acids is 3. The third-order valence-electron chi connectivity index (χ3n) is 7.84. The van der Waals surface area contributed by atoms with E-state index in [2.05, 4.69) is 5.32 Å². The van der Waals surface area contributed by atoms with Crippen LogP contribution in [0.3, 0.4) is 0 Å². The average molecular weight is 513 g/mol.